The van der Waals surface area contributed by atoms with E-state index in [0.29, 0.717) is 10.5 Å². The zero-order valence-corrected chi connectivity index (χ0v) is 22.1. The first kappa shape index (κ1) is 29.6. The van der Waals surface area contributed by atoms with Crippen molar-refractivity contribution in [1.82, 2.24) is 4.90 Å². The van der Waals surface area contributed by atoms with Gasteiger partial charge in [0.25, 0.3) is 10.0 Å². The minimum Gasteiger partial charge on any atom is -0.330 e. The SMILES string of the molecule is CC(C)CC(C(=O)Nc1ccc(NS(=O)(=O)c2ccc3c(c2)CN(C(=O)C(F)(F)F)CC3)cc1)P(=O)(O)O. The van der Waals surface area contributed by atoms with Crippen LogP contribution in [0.15, 0.2) is 47.4 Å². The molecular weight excluding hydrogens is 550 g/mol. The number of sulfonamides is 1. The molecule has 0 bridgehead atoms. The van der Waals surface area contributed by atoms with Crippen LogP contribution in [-0.4, -0.2) is 53.3 Å². The molecule has 3 rings (SSSR count). The predicted octanol–water partition coefficient (Wildman–Crippen LogP) is 3.47. The summed E-state index contributed by atoms with van der Waals surface area (Å²) in [4.78, 5) is 43.4. The Morgan fingerprint density at radius 1 is 1.05 bits per heavy atom. The van der Waals surface area contributed by atoms with Gasteiger partial charge in [-0.1, -0.05) is 19.9 Å². The van der Waals surface area contributed by atoms with Crippen LogP contribution < -0.4 is 10.0 Å². The van der Waals surface area contributed by atoms with Gasteiger partial charge in [-0.2, -0.15) is 13.2 Å². The summed E-state index contributed by atoms with van der Waals surface area (Å²) >= 11 is 0. The molecule has 1 aliphatic heterocycles. The van der Waals surface area contributed by atoms with Gasteiger partial charge in [-0.15, -0.1) is 0 Å². The Morgan fingerprint density at radius 3 is 2.21 bits per heavy atom. The molecule has 0 fully saturated rings. The highest BCUT2D eigenvalue weighted by Crippen LogP contribution is 2.44. The first-order chi connectivity index (χ1) is 17.5. The van der Waals surface area contributed by atoms with E-state index in [1.807, 2.05) is 0 Å². The zero-order valence-electron chi connectivity index (χ0n) is 20.4. The van der Waals surface area contributed by atoms with Gasteiger partial charge in [0, 0.05) is 24.5 Å². The number of nitrogens with one attached hydrogen (secondary N) is 2. The van der Waals surface area contributed by atoms with Crippen LogP contribution in [0, 0.1) is 5.92 Å². The fourth-order valence-corrected chi connectivity index (χ4v) is 6.13. The number of carbonyl (C=O) groups excluding carboxylic acids is 2. The number of benzene rings is 2. The standard InChI is InChI=1S/C23H27F3N3O7PS/c1-14(2)11-20(37(32,33)34)21(30)27-17-4-6-18(7-5-17)28-38(35,36)19-8-3-15-9-10-29(13-16(15)12-19)22(31)23(24,25)26/h3-8,12,14,20,28H,9-11,13H2,1-2H3,(H,27,30)(H2,32,33,34). The van der Waals surface area contributed by atoms with Crippen molar-refractivity contribution in [1.29, 1.82) is 0 Å². The van der Waals surface area contributed by atoms with Crippen molar-refractivity contribution in [2.45, 2.75) is 50.0 Å². The molecule has 2 amide bonds. The lowest BCUT2D eigenvalue weighted by Gasteiger charge is -2.29. The van der Waals surface area contributed by atoms with E-state index in [1.54, 1.807) is 13.8 Å². The first-order valence-corrected chi connectivity index (χ1v) is 14.6. The molecule has 208 valence electrons. The molecule has 15 heteroatoms. The monoisotopic (exact) mass is 577 g/mol. The molecule has 10 nitrogen and oxygen atoms in total. The Morgan fingerprint density at radius 2 is 1.66 bits per heavy atom. The minimum atomic E-state index is -5.03. The Bertz CT molecular complexity index is 1360. The second-order valence-electron chi connectivity index (χ2n) is 9.31. The van der Waals surface area contributed by atoms with Gasteiger partial charge in [-0.25, -0.2) is 8.42 Å². The molecule has 4 N–H and O–H groups in total. The van der Waals surface area contributed by atoms with Crippen LogP contribution in [0.2, 0.25) is 0 Å². The van der Waals surface area contributed by atoms with Gasteiger partial charge < -0.3 is 20.0 Å². The molecule has 0 saturated heterocycles. The third-order valence-corrected chi connectivity index (χ3v) is 8.47. The lowest BCUT2D eigenvalue weighted by Crippen LogP contribution is -2.43. The molecule has 0 radical (unpaired) electrons. The number of hydrogen-bond acceptors (Lipinski definition) is 5. The maximum absolute atomic E-state index is 12.9. The number of anilines is 2. The van der Waals surface area contributed by atoms with Crippen LogP contribution >= 0.6 is 7.60 Å². The summed E-state index contributed by atoms with van der Waals surface area (Å²) in [5.74, 6) is -3.00. The Kier molecular flexibility index (Phi) is 8.61. The molecule has 1 heterocycles. The van der Waals surface area contributed by atoms with Crippen molar-refractivity contribution in [2.75, 3.05) is 16.6 Å². The fourth-order valence-electron chi connectivity index (χ4n) is 3.96. The van der Waals surface area contributed by atoms with E-state index in [2.05, 4.69) is 10.0 Å². The number of hydrogen-bond donors (Lipinski definition) is 4. The molecule has 0 aliphatic carbocycles. The summed E-state index contributed by atoms with van der Waals surface area (Å²) < 4.78 is 78.3. The second-order valence-corrected chi connectivity index (χ2v) is 12.8. The molecule has 0 saturated carbocycles. The molecule has 1 unspecified atom stereocenters. The van der Waals surface area contributed by atoms with E-state index in [1.165, 1.54) is 42.5 Å². The summed E-state index contributed by atoms with van der Waals surface area (Å²) in [5.41, 5.74) is -0.323. The number of carbonyl (C=O) groups is 2. The van der Waals surface area contributed by atoms with Gasteiger partial charge in [0.15, 0.2) is 0 Å². The summed E-state index contributed by atoms with van der Waals surface area (Å²) in [7, 11) is -8.86. The van der Waals surface area contributed by atoms with Crippen LogP contribution in [0.25, 0.3) is 0 Å². The zero-order chi connectivity index (χ0) is 28.5. The van der Waals surface area contributed by atoms with Crippen LogP contribution in [0.5, 0.6) is 0 Å². The van der Waals surface area contributed by atoms with E-state index >= 15 is 0 Å². The lowest BCUT2D eigenvalue weighted by molar-refractivity contribution is -0.186. The normalized spacial score (nSPS) is 15.1. The third kappa shape index (κ3) is 7.34. The van der Waals surface area contributed by atoms with Crippen molar-refractivity contribution >= 4 is 40.8 Å². The highest BCUT2D eigenvalue weighted by Gasteiger charge is 2.43. The summed E-state index contributed by atoms with van der Waals surface area (Å²) in [5, 5.41) is 2.41. The maximum atomic E-state index is 12.9. The Balaban J connectivity index is 1.72. The highest BCUT2D eigenvalue weighted by atomic mass is 32.2. The van der Waals surface area contributed by atoms with Gasteiger partial charge in [0.05, 0.1) is 4.90 Å². The van der Waals surface area contributed by atoms with E-state index in [9.17, 15) is 45.5 Å². The number of halogens is 3. The van der Waals surface area contributed by atoms with Gasteiger partial charge in [0.1, 0.15) is 5.66 Å². The highest BCUT2D eigenvalue weighted by molar-refractivity contribution is 7.92. The third-order valence-electron chi connectivity index (χ3n) is 5.84. The van der Waals surface area contributed by atoms with Crippen LogP contribution in [0.1, 0.15) is 31.4 Å². The van der Waals surface area contributed by atoms with Crippen LogP contribution in [-0.2, 0) is 37.1 Å². The van der Waals surface area contributed by atoms with E-state index in [0.717, 1.165) is 0 Å². The van der Waals surface area contributed by atoms with E-state index in [-0.39, 0.29) is 53.7 Å². The van der Waals surface area contributed by atoms with Crippen molar-refractivity contribution < 1.29 is 45.5 Å². The minimum absolute atomic E-state index is 0.0309. The topological polar surface area (TPSA) is 153 Å². The molecule has 1 atom stereocenters. The van der Waals surface area contributed by atoms with Gasteiger partial charge >= 0.3 is 19.7 Å². The molecule has 2 aromatic rings. The first-order valence-electron chi connectivity index (χ1n) is 11.4. The largest absolute Gasteiger partial charge is 0.471 e. The number of amides is 2. The van der Waals surface area contributed by atoms with Crippen molar-refractivity contribution in [3.63, 3.8) is 0 Å². The van der Waals surface area contributed by atoms with Gasteiger partial charge in [-0.3, -0.25) is 18.9 Å². The van der Waals surface area contributed by atoms with Crippen molar-refractivity contribution in [2.24, 2.45) is 5.92 Å². The van der Waals surface area contributed by atoms with Crippen molar-refractivity contribution in [3.8, 4) is 0 Å². The average molecular weight is 578 g/mol. The van der Waals surface area contributed by atoms with Crippen molar-refractivity contribution in [3.05, 3.63) is 53.6 Å². The van der Waals surface area contributed by atoms with E-state index in [4.69, 9.17) is 0 Å². The predicted molar refractivity (Wildman–Crippen MR) is 133 cm³/mol. The summed E-state index contributed by atoms with van der Waals surface area (Å²) in [6.07, 6.45) is -4.91. The number of rotatable bonds is 8. The number of nitrogens with zero attached hydrogens (tertiary/aromatic N) is 1. The Hall–Kier alpha value is -2.93. The molecule has 2 aromatic carbocycles. The summed E-state index contributed by atoms with van der Waals surface area (Å²) in [6.45, 7) is 2.93. The van der Waals surface area contributed by atoms with E-state index < -0.39 is 41.3 Å². The smallest absolute Gasteiger partial charge is 0.330 e. The number of fused-ring (bicyclic) bond motifs is 1. The maximum Gasteiger partial charge on any atom is 0.471 e. The molecule has 0 aromatic heterocycles. The molecule has 38 heavy (non-hydrogen) atoms. The van der Waals surface area contributed by atoms with Crippen LogP contribution in [0.3, 0.4) is 0 Å². The van der Waals surface area contributed by atoms with Gasteiger partial charge in [-0.05, 0) is 66.3 Å². The molecular formula is C23H27F3N3O7PS. The molecule has 1 aliphatic rings. The Labute approximate surface area is 217 Å². The van der Waals surface area contributed by atoms with Crippen LogP contribution in [0.4, 0.5) is 24.5 Å². The summed E-state index contributed by atoms with van der Waals surface area (Å²) in [6, 6.07) is 9.36. The lowest BCUT2D eigenvalue weighted by atomic mass is 10.00. The quantitative estimate of drug-likeness (QED) is 0.351. The molecule has 0 spiro atoms. The number of alkyl halides is 3. The average Bonchev–Trinajstić information content (AvgIpc) is 2.81. The van der Waals surface area contributed by atoms with Gasteiger partial charge in [0.2, 0.25) is 5.91 Å². The second kappa shape index (κ2) is 11.0. The fraction of sp³-hybridized carbons (Fsp3) is 0.391.